The van der Waals surface area contributed by atoms with Crippen molar-refractivity contribution >= 4 is 35.1 Å². The number of carbonyl (C=O) groups is 1. The molecule has 8 nitrogen and oxygen atoms in total. The SMILES string of the molecule is N#Cc1cccnc1NCCNC(=O)CSc1nnc(-c2ccc(Cl)cc2)o1. The highest BCUT2D eigenvalue weighted by molar-refractivity contribution is 7.99. The number of aromatic nitrogens is 3. The Morgan fingerprint density at radius 3 is 2.82 bits per heavy atom. The van der Waals surface area contributed by atoms with Crippen LogP contribution in [0.3, 0.4) is 0 Å². The van der Waals surface area contributed by atoms with Gasteiger partial charge in [0.05, 0.1) is 11.3 Å². The highest BCUT2D eigenvalue weighted by Gasteiger charge is 2.11. The molecule has 2 N–H and O–H groups in total. The van der Waals surface area contributed by atoms with E-state index in [0.29, 0.717) is 40.6 Å². The molecular weight excluding hydrogens is 400 g/mol. The Hall–Kier alpha value is -3.09. The van der Waals surface area contributed by atoms with Gasteiger partial charge in [-0.15, -0.1) is 10.2 Å². The predicted molar refractivity (Wildman–Crippen MR) is 106 cm³/mol. The van der Waals surface area contributed by atoms with Crippen molar-refractivity contribution in [3.05, 3.63) is 53.2 Å². The highest BCUT2D eigenvalue weighted by Crippen LogP contribution is 2.24. The lowest BCUT2D eigenvalue weighted by Crippen LogP contribution is -2.30. The molecule has 0 spiro atoms. The van der Waals surface area contributed by atoms with E-state index >= 15 is 0 Å². The maximum absolute atomic E-state index is 11.9. The lowest BCUT2D eigenvalue weighted by atomic mass is 10.2. The zero-order valence-electron chi connectivity index (χ0n) is 14.6. The van der Waals surface area contributed by atoms with Crippen LogP contribution in [-0.4, -0.2) is 39.9 Å². The van der Waals surface area contributed by atoms with E-state index in [1.165, 1.54) is 0 Å². The Balaban J connectivity index is 1.40. The smallest absolute Gasteiger partial charge is 0.277 e. The molecule has 3 aromatic rings. The van der Waals surface area contributed by atoms with Crippen LogP contribution < -0.4 is 10.6 Å². The van der Waals surface area contributed by atoms with Gasteiger partial charge in [0.15, 0.2) is 0 Å². The normalized spacial score (nSPS) is 10.3. The van der Waals surface area contributed by atoms with E-state index in [0.717, 1.165) is 17.3 Å². The fourth-order valence-electron chi connectivity index (χ4n) is 2.17. The van der Waals surface area contributed by atoms with Crippen LogP contribution >= 0.6 is 23.4 Å². The van der Waals surface area contributed by atoms with Crippen molar-refractivity contribution < 1.29 is 9.21 Å². The Bertz CT molecular complexity index is 986. The second kappa shape index (κ2) is 9.73. The van der Waals surface area contributed by atoms with Gasteiger partial charge in [0.25, 0.3) is 5.22 Å². The van der Waals surface area contributed by atoms with E-state index in [4.69, 9.17) is 21.3 Å². The summed E-state index contributed by atoms with van der Waals surface area (Å²) < 4.78 is 5.54. The van der Waals surface area contributed by atoms with Gasteiger partial charge in [-0.25, -0.2) is 4.98 Å². The van der Waals surface area contributed by atoms with E-state index < -0.39 is 0 Å². The van der Waals surface area contributed by atoms with Crippen LogP contribution in [0.1, 0.15) is 5.56 Å². The third kappa shape index (κ3) is 5.45. The second-order valence-electron chi connectivity index (χ2n) is 5.46. The zero-order valence-corrected chi connectivity index (χ0v) is 16.1. The van der Waals surface area contributed by atoms with E-state index in [1.807, 2.05) is 0 Å². The first kappa shape index (κ1) is 19.7. The van der Waals surface area contributed by atoms with Crippen LogP contribution in [0, 0.1) is 11.3 Å². The number of rotatable bonds is 8. The molecule has 142 valence electrons. The number of nitrogens with zero attached hydrogens (tertiary/aromatic N) is 4. The van der Waals surface area contributed by atoms with Crippen molar-refractivity contribution in [1.29, 1.82) is 5.26 Å². The summed E-state index contributed by atoms with van der Waals surface area (Å²) in [5.74, 6) is 0.844. The average molecular weight is 415 g/mol. The molecule has 0 unspecified atom stereocenters. The first-order valence-corrected chi connectivity index (χ1v) is 9.60. The van der Waals surface area contributed by atoms with Crippen LogP contribution in [0.4, 0.5) is 5.82 Å². The van der Waals surface area contributed by atoms with Gasteiger partial charge in [-0.1, -0.05) is 23.4 Å². The number of amides is 1. The van der Waals surface area contributed by atoms with E-state index in [1.54, 1.807) is 42.6 Å². The molecule has 0 fully saturated rings. The molecule has 1 amide bonds. The molecule has 0 bridgehead atoms. The molecule has 0 aliphatic carbocycles. The summed E-state index contributed by atoms with van der Waals surface area (Å²) in [5.41, 5.74) is 1.21. The topological polar surface area (TPSA) is 117 Å². The van der Waals surface area contributed by atoms with E-state index in [-0.39, 0.29) is 11.7 Å². The number of nitriles is 1. The Morgan fingerprint density at radius 1 is 1.21 bits per heavy atom. The number of pyridine rings is 1. The molecular formula is C18H15ClN6O2S. The molecule has 28 heavy (non-hydrogen) atoms. The maximum Gasteiger partial charge on any atom is 0.277 e. The fraction of sp³-hybridized carbons (Fsp3) is 0.167. The second-order valence-corrected chi connectivity index (χ2v) is 6.82. The Labute approximate surface area is 170 Å². The molecule has 0 aliphatic heterocycles. The quantitative estimate of drug-likeness (QED) is 0.426. The minimum absolute atomic E-state index is 0.148. The summed E-state index contributed by atoms with van der Waals surface area (Å²) in [6.07, 6.45) is 1.60. The first-order chi connectivity index (χ1) is 13.7. The van der Waals surface area contributed by atoms with Gasteiger partial charge in [0.1, 0.15) is 11.9 Å². The Kier molecular flexibility index (Phi) is 6.84. The lowest BCUT2D eigenvalue weighted by Gasteiger charge is -2.07. The highest BCUT2D eigenvalue weighted by atomic mass is 35.5. The number of halogens is 1. The Morgan fingerprint density at radius 2 is 2.04 bits per heavy atom. The number of hydrogen-bond acceptors (Lipinski definition) is 8. The van der Waals surface area contributed by atoms with Gasteiger partial charge in [-0.05, 0) is 36.4 Å². The summed E-state index contributed by atoms with van der Waals surface area (Å²) >= 11 is 7.01. The predicted octanol–water partition coefficient (Wildman–Crippen LogP) is 2.98. The summed E-state index contributed by atoms with van der Waals surface area (Å²) in [5, 5.41) is 23.6. The van der Waals surface area contributed by atoms with Gasteiger partial charge in [0, 0.05) is 29.9 Å². The third-order valence-electron chi connectivity index (χ3n) is 3.49. The number of hydrogen-bond donors (Lipinski definition) is 2. The summed E-state index contributed by atoms with van der Waals surface area (Å²) in [6.45, 7) is 0.837. The number of thioether (sulfide) groups is 1. The first-order valence-electron chi connectivity index (χ1n) is 8.23. The molecule has 2 aromatic heterocycles. The fourth-order valence-corrected chi connectivity index (χ4v) is 2.89. The van der Waals surface area contributed by atoms with Crippen LogP contribution in [0.25, 0.3) is 11.5 Å². The molecule has 0 aliphatic rings. The van der Waals surface area contributed by atoms with Crippen molar-refractivity contribution in [2.24, 2.45) is 0 Å². The minimum atomic E-state index is -0.167. The molecule has 3 rings (SSSR count). The van der Waals surface area contributed by atoms with Gasteiger partial charge in [-0.3, -0.25) is 4.79 Å². The van der Waals surface area contributed by atoms with Crippen molar-refractivity contribution in [3.8, 4) is 17.5 Å². The van der Waals surface area contributed by atoms with Crippen molar-refractivity contribution in [2.45, 2.75) is 5.22 Å². The van der Waals surface area contributed by atoms with Crippen LogP contribution in [0.2, 0.25) is 5.02 Å². The van der Waals surface area contributed by atoms with Gasteiger partial charge in [0.2, 0.25) is 11.8 Å². The minimum Gasteiger partial charge on any atom is -0.411 e. The number of nitrogens with one attached hydrogen (secondary N) is 2. The average Bonchev–Trinajstić information content (AvgIpc) is 3.19. The molecule has 0 atom stereocenters. The van der Waals surface area contributed by atoms with E-state index in [9.17, 15) is 4.79 Å². The van der Waals surface area contributed by atoms with Crippen LogP contribution in [0.15, 0.2) is 52.2 Å². The lowest BCUT2D eigenvalue weighted by molar-refractivity contribution is -0.118. The molecule has 10 heteroatoms. The van der Waals surface area contributed by atoms with Crippen molar-refractivity contribution in [1.82, 2.24) is 20.5 Å². The number of benzene rings is 1. The van der Waals surface area contributed by atoms with Gasteiger partial charge in [-0.2, -0.15) is 5.26 Å². The number of anilines is 1. The van der Waals surface area contributed by atoms with Crippen molar-refractivity contribution in [2.75, 3.05) is 24.2 Å². The number of carbonyl (C=O) groups excluding carboxylic acids is 1. The molecule has 1 aromatic carbocycles. The van der Waals surface area contributed by atoms with Gasteiger partial charge < -0.3 is 15.1 Å². The largest absolute Gasteiger partial charge is 0.411 e. The molecule has 2 heterocycles. The zero-order chi connectivity index (χ0) is 19.8. The molecule has 0 radical (unpaired) electrons. The maximum atomic E-state index is 11.9. The summed E-state index contributed by atoms with van der Waals surface area (Å²) in [7, 11) is 0. The summed E-state index contributed by atoms with van der Waals surface area (Å²) in [6, 6.07) is 12.5. The third-order valence-corrected chi connectivity index (χ3v) is 4.56. The molecule has 0 saturated heterocycles. The molecule has 0 saturated carbocycles. The van der Waals surface area contributed by atoms with E-state index in [2.05, 4.69) is 31.9 Å². The monoisotopic (exact) mass is 414 g/mol. The standard InChI is InChI=1S/C18H15ClN6O2S/c19-14-5-3-12(4-6-14)17-24-25-18(27-17)28-11-15(26)21-8-9-23-16-13(10-20)2-1-7-22-16/h1-7H,8-9,11H2,(H,21,26)(H,22,23). The summed E-state index contributed by atoms with van der Waals surface area (Å²) in [4.78, 5) is 16.0. The van der Waals surface area contributed by atoms with Crippen molar-refractivity contribution in [3.63, 3.8) is 0 Å². The van der Waals surface area contributed by atoms with Gasteiger partial charge >= 0.3 is 0 Å². The van der Waals surface area contributed by atoms with Crippen LogP contribution in [0.5, 0.6) is 0 Å². The van der Waals surface area contributed by atoms with Crippen LogP contribution in [-0.2, 0) is 4.79 Å².